The SMILES string of the molecule is COc1ccc(CN2CCC(CCN3C(=O)Cc4cc(Br)c5ccccc5c4C3=O)CC2)cc1. The van der Waals surface area contributed by atoms with Gasteiger partial charge in [0.05, 0.1) is 19.1 Å². The van der Waals surface area contributed by atoms with Crippen LogP contribution in [0.4, 0.5) is 0 Å². The number of methoxy groups -OCH3 is 1. The van der Waals surface area contributed by atoms with Crippen LogP contribution in [0.3, 0.4) is 0 Å². The van der Waals surface area contributed by atoms with E-state index < -0.39 is 0 Å². The highest BCUT2D eigenvalue weighted by Gasteiger charge is 2.33. The highest BCUT2D eigenvalue weighted by atomic mass is 79.9. The van der Waals surface area contributed by atoms with Crippen LogP contribution >= 0.6 is 15.9 Å². The topological polar surface area (TPSA) is 49.9 Å². The molecule has 2 amide bonds. The fourth-order valence-corrected chi connectivity index (χ4v) is 5.87. The molecule has 5 nitrogen and oxygen atoms in total. The van der Waals surface area contributed by atoms with E-state index in [-0.39, 0.29) is 18.2 Å². The van der Waals surface area contributed by atoms with Gasteiger partial charge in [0.15, 0.2) is 0 Å². The number of benzene rings is 3. The Kier molecular flexibility index (Phi) is 6.70. The fourth-order valence-electron chi connectivity index (χ4n) is 5.24. The first-order chi connectivity index (χ1) is 16.5. The molecule has 2 aliphatic heterocycles. The van der Waals surface area contributed by atoms with Crippen LogP contribution in [-0.2, 0) is 17.8 Å². The number of likely N-dealkylation sites (tertiary alicyclic amines) is 1. The van der Waals surface area contributed by atoms with Crippen LogP contribution in [0.25, 0.3) is 10.8 Å². The van der Waals surface area contributed by atoms with Gasteiger partial charge in [0.1, 0.15) is 5.75 Å². The number of carbonyl (C=O) groups excluding carboxylic acids is 2. The summed E-state index contributed by atoms with van der Waals surface area (Å²) in [4.78, 5) is 30.2. The summed E-state index contributed by atoms with van der Waals surface area (Å²) in [6.07, 6.45) is 3.35. The zero-order valence-corrected chi connectivity index (χ0v) is 21.0. The van der Waals surface area contributed by atoms with Crippen molar-refractivity contribution in [2.45, 2.75) is 32.2 Å². The predicted octanol–water partition coefficient (Wildman–Crippen LogP) is 5.44. The van der Waals surface area contributed by atoms with Gasteiger partial charge in [-0.15, -0.1) is 0 Å². The standard InChI is InChI=1S/C28H29BrN2O3/c1-34-22-8-6-20(7-9-22)18-30-13-10-19(11-14-30)12-15-31-26(32)17-21-16-25(29)23-4-2-3-5-24(23)27(21)28(31)33/h2-9,16,19H,10-15,17-18H2,1H3. The number of rotatable bonds is 6. The number of carbonyl (C=O) groups is 2. The number of amides is 2. The van der Waals surface area contributed by atoms with E-state index in [4.69, 9.17) is 4.74 Å². The van der Waals surface area contributed by atoms with Crippen LogP contribution in [0.1, 0.15) is 40.7 Å². The molecule has 0 aliphatic carbocycles. The van der Waals surface area contributed by atoms with E-state index in [1.165, 1.54) is 10.5 Å². The van der Waals surface area contributed by atoms with Crippen LogP contribution in [-0.4, -0.2) is 48.4 Å². The van der Waals surface area contributed by atoms with Crippen LogP contribution in [0.15, 0.2) is 59.1 Å². The smallest absolute Gasteiger partial charge is 0.261 e. The molecule has 0 unspecified atom stereocenters. The van der Waals surface area contributed by atoms with Gasteiger partial charge in [0, 0.05) is 17.6 Å². The second kappa shape index (κ2) is 9.88. The molecule has 1 saturated heterocycles. The molecule has 0 radical (unpaired) electrons. The first kappa shape index (κ1) is 23.1. The molecule has 2 aliphatic rings. The molecule has 34 heavy (non-hydrogen) atoms. The van der Waals surface area contributed by atoms with E-state index in [1.54, 1.807) is 7.11 Å². The molecule has 3 aromatic carbocycles. The molecule has 6 heteroatoms. The van der Waals surface area contributed by atoms with Gasteiger partial charge >= 0.3 is 0 Å². The Hall–Kier alpha value is -2.70. The van der Waals surface area contributed by atoms with Gasteiger partial charge < -0.3 is 4.74 Å². The van der Waals surface area contributed by atoms with Gasteiger partial charge in [0.2, 0.25) is 5.91 Å². The second-order valence-corrected chi connectivity index (χ2v) is 10.2. The number of imide groups is 1. The van der Waals surface area contributed by atoms with Crippen molar-refractivity contribution in [3.63, 3.8) is 0 Å². The third-order valence-corrected chi connectivity index (χ3v) is 7.87. The zero-order chi connectivity index (χ0) is 23.7. The molecule has 176 valence electrons. The van der Waals surface area contributed by atoms with Crippen molar-refractivity contribution >= 4 is 38.5 Å². The number of fused-ring (bicyclic) bond motifs is 3. The zero-order valence-electron chi connectivity index (χ0n) is 19.4. The Balaban J connectivity index is 1.20. The van der Waals surface area contributed by atoms with Crippen molar-refractivity contribution < 1.29 is 14.3 Å². The molecule has 0 bridgehead atoms. The molecule has 0 atom stereocenters. The molecular formula is C28H29BrN2O3. The van der Waals surface area contributed by atoms with Crippen molar-refractivity contribution in [2.75, 3.05) is 26.7 Å². The van der Waals surface area contributed by atoms with E-state index >= 15 is 0 Å². The summed E-state index contributed by atoms with van der Waals surface area (Å²) in [6.45, 7) is 3.53. The van der Waals surface area contributed by atoms with E-state index in [1.807, 2.05) is 42.5 Å². The average molecular weight is 521 g/mol. The van der Waals surface area contributed by atoms with Crippen molar-refractivity contribution in [1.29, 1.82) is 0 Å². The first-order valence-electron chi connectivity index (χ1n) is 11.9. The van der Waals surface area contributed by atoms with Crippen molar-refractivity contribution in [2.24, 2.45) is 5.92 Å². The lowest BCUT2D eigenvalue weighted by molar-refractivity contribution is -0.128. The Morgan fingerprint density at radius 3 is 2.41 bits per heavy atom. The second-order valence-electron chi connectivity index (χ2n) is 9.32. The van der Waals surface area contributed by atoms with Gasteiger partial charge in [-0.25, -0.2) is 0 Å². The minimum absolute atomic E-state index is 0.0865. The van der Waals surface area contributed by atoms with E-state index in [0.717, 1.165) is 65.5 Å². The third kappa shape index (κ3) is 4.62. The summed E-state index contributed by atoms with van der Waals surface area (Å²) in [7, 11) is 1.69. The average Bonchev–Trinajstić information content (AvgIpc) is 2.85. The van der Waals surface area contributed by atoms with E-state index in [9.17, 15) is 9.59 Å². The summed E-state index contributed by atoms with van der Waals surface area (Å²) >= 11 is 3.60. The Bertz CT molecular complexity index is 1220. The van der Waals surface area contributed by atoms with Crippen LogP contribution in [0.2, 0.25) is 0 Å². The normalized spacial score (nSPS) is 17.3. The van der Waals surface area contributed by atoms with E-state index in [0.29, 0.717) is 18.0 Å². The van der Waals surface area contributed by atoms with Crippen LogP contribution < -0.4 is 4.74 Å². The number of hydrogen-bond donors (Lipinski definition) is 0. The van der Waals surface area contributed by atoms with Crippen LogP contribution in [0.5, 0.6) is 5.75 Å². The lowest BCUT2D eigenvalue weighted by Crippen LogP contribution is -2.44. The predicted molar refractivity (Wildman–Crippen MR) is 137 cm³/mol. The van der Waals surface area contributed by atoms with Gasteiger partial charge in [-0.05, 0) is 78.4 Å². The number of hydrogen-bond acceptors (Lipinski definition) is 4. The summed E-state index contributed by atoms with van der Waals surface area (Å²) in [5.41, 5.74) is 2.80. The quantitative estimate of drug-likeness (QED) is 0.406. The maximum absolute atomic E-state index is 13.4. The molecule has 2 heterocycles. The van der Waals surface area contributed by atoms with Gasteiger partial charge in [-0.2, -0.15) is 0 Å². The maximum atomic E-state index is 13.4. The van der Waals surface area contributed by atoms with Crippen molar-refractivity contribution in [3.8, 4) is 5.75 Å². The number of nitrogens with zero attached hydrogens (tertiary/aromatic N) is 2. The van der Waals surface area contributed by atoms with Gasteiger partial charge in [-0.1, -0.05) is 52.3 Å². The van der Waals surface area contributed by atoms with Gasteiger partial charge in [-0.3, -0.25) is 19.4 Å². The third-order valence-electron chi connectivity index (χ3n) is 7.21. The minimum Gasteiger partial charge on any atom is -0.497 e. The van der Waals surface area contributed by atoms with Crippen LogP contribution in [0, 0.1) is 5.92 Å². The molecular weight excluding hydrogens is 492 g/mol. The molecule has 0 aromatic heterocycles. The Morgan fingerprint density at radius 1 is 1.00 bits per heavy atom. The highest BCUT2D eigenvalue weighted by molar-refractivity contribution is 9.10. The fraction of sp³-hybridized carbons (Fsp3) is 0.357. The number of halogens is 1. The highest BCUT2D eigenvalue weighted by Crippen LogP contribution is 2.34. The summed E-state index contributed by atoms with van der Waals surface area (Å²) < 4.78 is 6.17. The summed E-state index contributed by atoms with van der Waals surface area (Å²) in [5, 5.41) is 1.93. The molecule has 5 rings (SSSR count). The molecule has 3 aromatic rings. The lowest BCUT2D eigenvalue weighted by atomic mass is 9.90. The van der Waals surface area contributed by atoms with E-state index in [2.05, 4.69) is 33.0 Å². The molecule has 0 spiro atoms. The number of ether oxygens (including phenoxy) is 1. The largest absolute Gasteiger partial charge is 0.497 e. The summed E-state index contributed by atoms with van der Waals surface area (Å²) in [5.74, 6) is 1.19. The Morgan fingerprint density at radius 2 is 1.71 bits per heavy atom. The lowest BCUT2D eigenvalue weighted by Gasteiger charge is -2.34. The Labute approximate surface area is 208 Å². The van der Waals surface area contributed by atoms with Gasteiger partial charge in [0.25, 0.3) is 5.91 Å². The molecule has 0 saturated carbocycles. The van der Waals surface area contributed by atoms with Crippen molar-refractivity contribution in [1.82, 2.24) is 9.80 Å². The van der Waals surface area contributed by atoms with Crippen molar-refractivity contribution in [3.05, 3.63) is 75.8 Å². The minimum atomic E-state index is -0.146. The summed E-state index contributed by atoms with van der Waals surface area (Å²) in [6, 6.07) is 18.1. The number of piperidine rings is 1. The first-order valence-corrected chi connectivity index (χ1v) is 12.7. The molecule has 0 N–H and O–H groups in total. The monoisotopic (exact) mass is 520 g/mol. The maximum Gasteiger partial charge on any atom is 0.261 e. The molecule has 1 fully saturated rings.